The number of anilines is 1. The second-order valence-electron chi connectivity index (χ2n) is 5.76. The van der Waals surface area contributed by atoms with Gasteiger partial charge in [-0.25, -0.2) is 0 Å². The smallest absolute Gasteiger partial charge is 0.201 e. The molecule has 1 heterocycles. The number of thioether (sulfide) groups is 1. The number of fused-ring (bicyclic) bond motifs is 2. The molecule has 0 saturated carbocycles. The Hall–Kier alpha value is -2.79. The number of allylic oxidation sites excluding steroid dienone is 2. The van der Waals surface area contributed by atoms with Gasteiger partial charge in [0.2, 0.25) is 5.78 Å². The summed E-state index contributed by atoms with van der Waals surface area (Å²) in [5.41, 5.74) is 1.69. The molecule has 5 heteroatoms. The van der Waals surface area contributed by atoms with E-state index in [9.17, 15) is 14.7 Å². The van der Waals surface area contributed by atoms with Crippen molar-refractivity contribution in [2.75, 3.05) is 11.4 Å². The van der Waals surface area contributed by atoms with Crippen molar-refractivity contribution in [3.05, 3.63) is 76.3 Å². The molecule has 0 unspecified atom stereocenters. The van der Waals surface area contributed by atoms with Crippen molar-refractivity contribution in [2.45, 2.75) is 11.8 Å². The summed E-state index contributed by atoms with van der Waals surface area (Å²) in [6, 6.07) is 14.6. The number of aliphatic hydroxyl groups excluding tert-OH is 1. The Morgan fingerprint density at radius 1 is 1.12 bits per heavy atom. The fourth-order valence-electron chi connectivity index (χ4n) is 3.16. The quantitative estimate of drug-likeness (QED) is 0.665. The van der Waals surface area contributed by atoms with Crippen LogP contribution in [-0.4, -0.2) is 23.2 Å². The molecule has 1 N–H and O–H groups in total. The Morgan fingerprint density at radius 3 is 2.52 bits per heavy atom. The van der Waals surface area contributed by atoms with Crippen molar-refractivity contribution in [3.8, 4) is 0 Å². The zero-order valence-corrected chi connectivity index (χ0v) is 14.3. The molecule has 1 aliphatic heterocycles. The van der Waals surface area contributed by atoms with E-state index < -0.39 is 11.6 Å². The minimum Gasteiger partial charge on any atom is -0.506 e. The standard InChI is InChI=1S/C20H15NO3S/c1-2-21-14-9-5-6-10-16(14)25-17(21)11-15(22)18-19(23)12-7-3-4-8-13(12)20(18)24/h3-11,23H,2H2,1H3/b17-11-. The fourth-order valence-corrected chi connectivity index (χ4v) is 4.32. The van der Waals surface area contributed by atoms with Crippen LogP contribution < -0.4 is 4.90 Å². The highest BCUT2D eigenvalue weighted by molar-refractivity contribution is 8.03. The maximum Gasteiger partial charge on any atom is 0.201 e. The number of aliphatic hydroxyl groups is 1. The molecular formula is C20H15NO3S. The lowest BCUT2D eigenvalue weighted by Gasteiger charge is -2.17. The number of hydrogen-bond acceptors (Lipinski definition) is 5. The molecule has 25 heavy (non-hydrogen) atoms. The van der Waals surface area contributed by atoms with Gasteiger partial charge in [0.05, 0.1) is 10.7 Å². The first kappa shape index (κ1) is 15.7. The van der Waals surface area contributed by atoms with E-state index in [4.69, 9.17) is 0 Å². The Morgan fingerprint density at radius 2 is 1.80 bits per heavy atom. The minimum atomic E-state index is -0.465. The molecule has 2 aromatic rings. The molecule has 0 saturated heterocycles. The molecule has 124 valence electrons. The average Bonchev–Trinajstić information content (AvgIpc) is 3.10. The van der Waals surface area contributed by atoms with E-state index >= 15 is 0 Å². The Kier molecular flexibility index (Phi) is 3.73. The maximum atomic E-state index is 12.7. The van der Waals surface area contributed by atoms with E-state index in [2.05, 4.69) is 0 Å². The number of hydrogen-bond donors (Lipinski definition) is 1. The zero-order chi connectivity index (χ0) is 17.6. The Bertz CT molecular complexity index is 974. The maximum absolute atomic E-state index is 12.7. The third-order valence-electron chi connectivity index (χ3n) is 4.34. The molecule has 0 spiro atoms. The Labute approximate surface area is 149 Å². The van der Waals surface area contributed by atoms with Crippen molar-refractivity contribution >= 4 is 34.8 Å². The molecule has 1 aliphatic carbocycles. The van der Waals surface area contributed by atoms with Gasteiger partial charge in [0, 0.05) is 28.6 Å². The molecule has 0 bridgehead atoms. The predicted octanol–water partition coefficient (Wildman–Crippen LogP) is 4.19. The SMILES string of the molecule is CCN1/C(=C/C(=O)C2=C(O)c3ccccc3C2=O)Sc2ccccc21. The van der Waals surface area contributed by atoms with Gasteiger partial charge in [0.25, 0.3) is 0 Å². The summed E-state index contributed by atoms with van der Waals surface area (Å²) in [6.07, 6.45) is 1.45. The lowest BCUT2D eigenvalue weighted by molar-refractivity contribution is -0.111. The normalized spacial score (nSPS) is 17.2. The first-order chi connectivity index (χ1) is 12.1. The number of nitrogens with zero attached hydrogens (tertiary/aromatic N) is 1. The van der Waals surface area contributed by atoms with Crippen LogP contribution in [0.2, 0.25) is 0 Å². The molecule has 0 amide bonds. The van der Waals surface area contributed by atoms with E-state index in [0.717, 1.165) is 15.6 Å². The van der Waals surface area contributed by atoms with Crippen LogP contribution in [-0.2, 0) is 4.79 Å². The van der Waals surface area contributed by atoms with Gasteiger partial charge < -0.3 is 10.0 Å². The summed E-state index contributed by atoms with van der Waals surface area (Å²) in [4.78, 5) is 28.4. The molecule has 0 atom stereocenters. The van der Waals surface area contributed by atoms with Gasteiger partial charge in [-0.3, -0.25) is 9.59 Å². The number of Topliss-reactive ketones (excluding diaryl/α,β-unsaturated/α-hetero) is 1. The van der Waals surface area contributed by atoms with E-state index in [1.54, 1.807) is 24.3 Å². The lowest BCUT2D eigenvalue weighted by Crippen LogP contribution is -2.18. The molecular weight excluding hydrogens is 334 g/mol. The number of benzene rings is 2. The molecule has 4 nitrogen and oxygen atoms in total. The average molecular weight is 349 g/mol. The van der Waals surface area contributed by atoms with Crippen LogP contribution in [0.5, 0.6) is 0 Å². The van der Waals surface area contributed by atoms with E-state index in [-0.39, 0.29) is 11.3 Å². The number of carbonyl (C=O) groups excluding carboxylic acids is 2. The number of ketones is 2. The predicted molar refractivity (Wildman–Crippen MR) is 98.7 cm³/mol. The van der Waals surface area contributed by atoms with Gasteiger partial charge in [-0.1, -0.05) is 48.2 Å². The second kappa shape index (κ2) is 5.93. The molecule has 4 rings (SSSR count). The van der Waals surface area contributed by atoms with Crippen LogP contribution in [0.4, 0.5) is 5.69 Å². The summed E-state index contributed by atoms with van der Waals surface area (Å²) in [7, 11) is 0. The van der Waals surface area contributed by atoms with Crippen molar-refractivity contribution in [2.24, 2.45) is 0 Å². The van der Waals surface area contributed by atoms with Crippen LogP contribution in [0.1, 0.15) is 22.8 Å². The molecule has 2 aliphatic rings. The third-order valence-corrected chi connectivity index (χ3v) is 5.46. The second-order valence-corrected chi connectivity index (χ2v) is 6.82. The van der Waals surface area contributed by atoms with Crippen LogP contribution in [0, 0.1) is 0 Å². The topological polar surface area (TPSA) is 57.6 Å². The van der Waals surface area contributed by atoms with Gasteiger partial charge >= 0.3 is 0 Å². The van der Waals surface area contributed by atoms with E-state index in [0.29, 0.717) is 17.7 Å². The minimum absolute atomic E-state index is 0.152. The van der Waals surface area contributed by atoms with Gasteiger partial charge in [0.1, 0.15) is 11.3 Å². The van der Waals surface area contributed by atoms with E-state index in [1.165, 1.54) is 17.8 Å². The molecule has 2 aromatic carbocycles. The van der Waals surface area contributed by atoms with E-state index in [1.807, 2.05) is 36.1 Å². The van der Waals surface area contributed by atoms with Gasteiger partial charge in [-0.2, -0.15) is 0 Å². The lowest BCUT2D eigenvalue weighted by atomic mass is 10.1. The van der Waals surface area contributed by atoms with Crippen LogP contribution in [0.3, 0.4) is 0 Å². The van der Waals surface area contributed by atoms with Crippen LogP contribution >= 0.6 is 11.8 Å². The summed E-state index contributed by atoms with van der Waals surface area (Å²) in [5, 5.41) is 11.1. The largest absolute Gasteiger partial charge is 0.506 e. The van der Waals surface area contributed by atoms with Crippen molar-refractivity contribution < 1.29 is 14.7 Å². The Balaban J connectivity index is 1.71. The van der Waals surface area contributed by atoms with Gasteiger partial charge in [-0.05, 0) is 19.1 Å². The highest BCUT2D eigenvalue weighted by atomic mass is 32.2. The summed E-state index contributed by atoms with van der Waals surface area (Å²) >= 11 is 1.49. The first-order valence-electron chi connectivity index (χ1n) is 7.99. The number of carbonyl (C=O) groups is 2. The van der Waals surface area contributed by atoms with Gasteiger partial charge in [0.15, 0.2) is 5.78 Å². The first-order valence-corrected chi connectivity index (χ1v) is 8.81. The van der Waals surface area contributed by atoms with Crippen LogP contribution in [0.25, 0.3) is 5.76 Å². The van der Waals surface area contributed by atoms with Gasteiger partial charge in [-0.15, -0.1) is 0 Å². The molecule has 0 aromatic heterocycles. The van der Waals surface area contributed by atoms with Crippen molar-refractivity contribution in [1.29, 1.82) is 0 Å². The van der Waals surface area contributed by atoms with Crippen LogP contribution in [0.15, 0.2) is 70.1 Å². The summed E-state index contributed by atoms with van der Waals surface area (Å²) < 4.78 is 0. The number of rotatable bonds is 3. The molecule has 0 radical (unpaired) electrons. The highest BCUT2D eigenvalue weighted by Crippen LogP contribution is 2.45. The summed E-state index contributed by atoms with van der Waals surface area (Å²) in [5.74, 6) is -1.11. The van der Waals surface area contributed by atoms with Crippen molar-refractivity contribution in [1.82, 2.24) is 0 Å². The monoisotopic (exact) mass is 349 g/mol. The summed E-state index contributed by atoms with van der Waals surface area (Å²) in [6.45, 7) is 2.72. The van der Waals surface area contributed by atoms with Crippen molar-refractivity contribution in [3.63, 3.8) is 0 Å². The fraction of sp³-hybridized carbons (Fsp3) is 0.100. The highest BCUT2D eigenvalue weighted by Gasteiger charge is 2.34. The number of para-hydroxylation sites is 1. The zero-order valence-electron chi connectivity index (χ0n) is 13.5. The third kappa shape index (κ3) is 2.39. The molecule has 0 fully saturated rings.